The van der Waals surface area contributed by atoms with Crippen LogP contribution in [0.15, 0.2) is 97.2 Å². The molecule has 0 atom stereocenters. The van der Waals surface area contributed by atoms with Gasteiger partial charge in [-0.1, -0.05) is 78.9 Å². The molecule has 3 aromatic carbocycles. The summed E-state index contributed by atoms with van der Waals surface area (Å²) in [5, 5.41) is 0. The molecule has 0 saturated heterocycles. The minimum absolute atomic E-state index is 0.805. The van der Waals surface area contributed by atoms with E-state index in [-0.39, 0.29) is 0 Å². The van der Waals surface area contributed by atoms with E-state index in [1.54, 1.807) is 13.3 Å². The first-order chi connectivity index (χ1) is 12.9. The van der Waals surface area contributed by atoms with Crippen molar-refractivity contribution in [3.63, 3.8) is 0 Å². The molecule has 0 N–H and O–H groups in total. The maximum atomic E-state index is 5.40. The molecule has 0 radical (unpaired) electrons. The summed E-state index contributed by atoms with van der Waals surface area (Å²) in [6, 6.07) is 31.2. The minimum atomic E-state index is 0.805. The number of rotatable bonds is 4. The van der Waals surface area contributed by atoms with Gasteiger partial charge in [0.1, 0.15) is 5.75 Å². The minimum Gasteiger partial charge on any atom is -0.497 e. The highest BCUT2D eigenvalue weighted by Crippen LogP contribution is 2.39. The number of nitrogens with zero attached hydrogens (tertiary/aromatic N) is 1. The third-order valence-corrected chi connectivity index (χ3v) is 4.45. The van der Waals surface area contributed by atoms with E-state index in [0.29, 0.717) is 0 Å². The quantitative estimate of drug-likeness (QED) is 0.449. The second-order valence-corrected chi connectivity index (χ2v) is 6.04. The summed E-state index contributed by atoms with van der Waals surface area (Å²) >= 11 is 0. The third kappa shape index (κ3) is 3.09. The van der Waals surface area contributed by atoms with Crippen LogP contribution in [0.3, 0.4) is 0 Å². The highest BCUT2D eigenvalue weighted by molar-refractivity contribution is 5.93. The largest absolute Gasteiger partial charge is 0.497 e. The van der Waals surface area contributed by atoms with Crippen LogP contribution >= 0.6 is 0 Å². The lowest BCUT2D eigenvalue weighted by Gasteiger charge is -2.16. The van der Waals surface area contributed by atoms with Crippen LogP contribution in [0, 0.1) is 0 Å². The van der Waals surface area contributed by atoms with E-state index in [2.05, 4.69) is 71.7 Å². The number of hydrogen-bond donors (Lipinski definition) is 0. The molecule has 2 nitrogen and oxygen atoms in total. The smallest absolute Gasteiger partial charge is 0.122 e. The van der Waals surface area contributed by atoms with Gasteiger partial charge in [0.25, 0.3) is 0 Å². The van der Waals surface area contributed by atoms with E-state index in [1.807, 2.05) is 24.3 Å². The zero-order valence-corrected chi connectivity index (χ0v) is 14.6. The van der Waals surface area contributed by atoms with Crippen molar-refractivity contribution in [3.05, 3.63) is 97.2 Å². The molecule has 0 aliphatic rings. The molecular formula is C24H19NO. The molecule has 0 saturated carbocycles. The average molecular weight is 337 g/mol. The summed E-state index contributed by atoms with van der Waals surface area (Å²) in [4.78, 5) is 4.60. The predicted molar refractivity (Wildman–Crippen MR) is 107 cm³/mol. The van der Waals surface area contributed by atoms with Gasteiger partial charge in [-0.15, -0.1) is 0 Å². The summed E-state index contributed by atoms with van der Waals surface area (Å²) in [6.07, 6.45) is 1.79. The zero-order chi connectivity index (χ0) is 17.8. The van der Waals surface area contributed by atoms with Gasteiger partial charge in [0.15, 0.2) is 0 Å². The first-order valence-electron chi connectivity index (χ1n) is 8.61. The number of pyridine rings is 1. The fourth-order valence-electron chi connectivity index (χ4n) is 3.23. The normalized spacial score (nSPS) is 10.5. The number of hydrogen-bond acceptors (Lipinski definition) is 2. The first kappa shape index (κ1) is 16.1. The standard InChI is InChI=1S/C24H19NO/c1-26-20-15-16-25-23(17-20)22-14-8-13-21(18-9-4-2-5-10-18)24(22)19-11-6-3-7-12-19/h2-17H,1H3. The third-order valence-electron chi connectivity index (χ3n) is 4.45. The van der Waals surface area contributed by atoms with Crippen LogP contribution in [0.1, 0.15) is 0 Å². The second kappa shape index (κ2) is 7.24. The van der Waals surface area contributed by atoms with Gasteiger partial charge < -0.3 is 4.74 Å². The molecule has 4 aromatic rings. The second-order valence-electron chi connectivity index (χ2n) is 6.04. The van der Waals surface area contributed by atoms with Crippen molar-refractivity contribution >= 4 is 0 Å². The fraction of sp³-hybridized carbons (Fsp3) is 0.0417. The molecule has 0 aliphatic heterocycles. The number of benzene rings is 3. The van der Waals surface area contributed by atoms with Crippen LogP contribution in [-0.2, 0) is 0 Å². The topological polar surface area (TPSA) is 22.1 Å². The Morgan fingerprint density at radius 1 is 0.654 bits per heavy atom. The van der Waals surface area contributed by atoms with Crippen molar-refractivity contribution in [3.8, 4) is 39.3 Å². The Kier molecular flexibility index (Phi) is 4.48. The van der Waals surface area contributed by atoms with Gasteiger partial charge in [-0.05, 0) is 28.3 Å². The van der Waals surface area contributed by atoms with E-state index >= 15 is 0 Å². The molecule has 0 unspecified atom stereocenters. The Balaban J connectivity index is 2.00. The molecule has 0 amide bonds. The molecule has 1 aromatic heterocycles. The molecule has 0 fully saturated rings. The molecule has 1 heterocycles. The van der Waals surface area contributed by atoms with Crippen molar-refractivity contribution in [2.45, 2.75) is 0 Å². The van der Waals surface area contributed by atoms with E-state index in [9.17, 15) is 0 Å². The highest BCUT2D eigenvalue weighted by Gasteiger charge is 2.14. The number of aromatic nitrogens is 1. The van der Waals surface area contributed by atoms with Crippen LogP contribution < -0.4 is 4.74 Å². The van der Waals surface area contributed by atoms with Crippen LogP contribution in [0.5, 0.6) is 5.75 Å². The lowest BCUT2D eigenvalue weighted by atomic mass is 9.89. The van der Waals surface area contributed by atoms with Gasteiger partial charge in [-0.2, -0.15) is 0 Å². The van der Waals surface area contributed by atoms with Gasteiger partial charge in [0.2, 0.25) is 0 Å². The van der Waals surface area contributed by atoms with Gasteiger partial charge in [-0.3, -0.25) is 4.98 Å². The van der Waals surface area contributed by atoms with Gasteiger partial charge in [0.05, 0.1) is 12.8 Å². The number of methoxy groups -OCH3 is 1. The fourth-order valence-corrected chi connectivity index (χ4v) is 3.23. The van der Waals surface area contributed by atoms with E-state index in [4.69, 9.17) is 4.74 Å². The van der Waals surface area contributed by atoms with Crippen molar-refractivity contribution in [1.29, 1.82) is 0 Å². The summed E-state index contributed by atoms with van der Waals surface area (Å²) < 4.78 is 5.40. The lowest BCUT2D eigenvalue weighted by Crippen LogP contribution is -1.93. The Morgan fingerprint density at radius 3 is 2.00 bits per heavy atom. The van der Waals surface area contributed by atoms with Crippen LogP contribution in [-0.4, -0.2) is 12.1 Å². The monoisotopic (exact) mass is 337 g/mol. The molecule has 4 rings (SSSR count). The molecule has 126 valence electrons. The van der Waals surface area contributed by atoms with Gasteiger partial charge in [-0.25, -0.2) is 0 Å². The van der Waals surface area contributed by atoms with E-state index in [1.165, 1.54) is 22.3 Å². The summed E-state index contributed by atoms with van der Waals surface area (Å²) in [5.41, 5.74) is 6.74. The maximum absolute atomic E-state index is 5.40. The Morgan fingerprint density at radius 2 is 1.31 bits per heavy atom. The Hall–Kier alpha value is -3.39. The van der Waals surface area contributed by atoms with E-state index in [0.717, 1.165) is 17.0 Å². The SMILES string of the molecule is COc1ccnc(-c2cccc(-c3ccccc3)c2-c2ccccc2)c1. The van der Waals surface area contributed by atoms with Crippen molar-refractivity contribution in [1.82, 2.24) is 4.98 Å². The van der Waals surface area contributed by atoms with Gasteiger partial charge >= 0.3 is 0 Å². The molecule has 2 heteroatoms. The highest BCUT2D eigenvalue weighted by atomic mass is 16.5. The summed E-state index contributed by atoms with van der Waals surface area (Å²) in [6.45, 7) is 0. The summed E-state index contributed by atoms with van der Waals surface area (Å²) in [5.74, 6) is 0.805. The average Bonchev–Trinajstić information content (AvgIpc) is 2.74. The Bertz CT molecular complexity index is 1010. The van der Waals surface area contributed by atoms with Crippen LogP contribution in [0.4, 0.5) is 0 Å². The summed E-state index contributed by atoms with van der Waals surface area (Å²) in [7, 11) is 1.68. The Labute approximate surface area is 153 Å². The first-order valence-corrected chi connectivity index (χ1v) is 8.61. The lowest BCUT2D eigenvalue weighted by molar-refractivity contribution is 0.414. The number of ether oxygens (including phenoxy) is 1. The predicted octanol–water partition coefficient (Wildman–Crippen LogP) is 6.09. The van der Waals surface area contributed by atoms with Crippen molar-refractivity contribution < 1.29 is 4.74 Å². The van der Waals surface area contributed by atoms with Crippen molar-refractivity contribution in [2.75, 3.05) is 7.11 Å². The van der Waals surface area contributed by atoms with Gasteiger partial charge in [0, 0.05) is 17.8 Å². The van der Waals surface area contributed by atoms with Crippen LogP contribution in [0.2, 0.25) is 0 Å². The van der Waals surface area contributed by atoms with Crippen LogP contribution in [0.25, 0.3) is 33.5 Å². The molecule has 0 spiro atoms. The molecule has 0 aliphatic carbocycles. The molecule has 0 bridgehead atoms. The van der Waals surface area contributed by atoms with E-state index < -0.39 is 0 Å². The van der Waals surface area contributed by atoms with Crippen molar-refractivity contribution in [2.24, 2.45) is 0 Å². The molecule has 26 heavy (non-hydrogen) atoms. The zero-order valence-electron chi connectivity index (χ0n) is 14.6. The molecular weight excluding hydrogens is 318 g/mol. The maximum Gasteiger partial charge on any atom is 0.122 e.